The number of hydrogen-bond acceptors (Lipinski definition) is 4. The van der Waals surface area contributed by atoms with Crippen LogP contribution in [0.5, 0.6) is 0 Å². The predicted octanol–water partition coefficient (Wildman–Crippen LogP) is 0.149. The summed E-state index contributed by atoms with van der Waals surface area (Å²) < 4.78 is 27.3. The van der Waals surface area contributed by atoms with Gasteiger partial charge in [0.25, 0.3) is 11.8 Å². The molecule has 1 saturated heterocycles. The first-order valence-corrected chi connectivity index (χ1v) is 11.7. The molecule has 8 nitrogen and oxygen atoms in total. The Morgan fingerprint density at radius 1 is 1.10 bits per heavy atom. The molecule has 162 valence electrons. The molecular formula is C20H33N4O4S+. The van der Waals surface area contributed by atoms with Crippen LogP contribution in [0.25, 0.3) is 0 Å². The highest BCUT2D eigenvalue weighted by Gasteiger charge is 2.26. The summed E-state index contributed by atoms with van der Waals surface area (Å²) in [6.07, 6.45) is 3.65. The summed E-state index contributed by atoms with van der Waals surface area (Å²) in [6.45, 7) is 5.81. The number of carbonyl (C=O) groups is 2. The molecule has 1 aliphatic heterocycles. The monoisotopic (exact) mass is 425 g/mol. The molecule has 1 fully saturated rings. The second-order valence-electron chi connectivity index (χ2n) is 7.65. The molecule has 1 aromatic carbocycles. The van der Waals surface area contributed by atoms with Crippen molar-refractivity contribution in [2.45, 2.75) is 44.4 Å². The molecule has 0 spiro atoms. The third kappa shape index (κ3) is 6.80. The summed E-state index contributed by atoms with van der Waals surface area (Å²) in [5.41, 5.74) is 1.27. The first-order valence-electron chi connectivity index (χ1n) is 10.2. The summed E-state index contributed by atoms with van der Waals surface area (Å²) in [6, 6.07) is 4.83. The molecule has 9 heteroatoms. The molecule has 0 saturated carbocycles. The summed E-state index contributed by atoms with van der Waals surface area (Å²) >= 11 is 0. The lowest BCUT2D eigenvalue weighted by atomic mass is 10.2. The van der Waals surface area contributed by atoms with Crippen molar-refractivity contribution < 1.29 is 22.9 Å². The number of carbonyl (C=O) groups excluding carboxylic acids is 2. The first-order chi connectivity index (χ1) is 13.7. The molecule has 2 rings (SSSR count). The van der Waals surface area contributed by atoms with Gasteiger partial charge in [-0.2, -0.15) is 4.31 Å². The van der Waals surface area contributed by atoms with Crippen molar-refractivity contribution in [3.8, 4) is 0 Å². The van der Waals surface area contributed by atoms with Gasteiger partial charge in [0, 0.05) is 25.3 Å². The normalized spacial score (nSPS) is 16.2. The second-order valence-corrected chi connectivity index (χ2v) is 9.59. The number of anilines is 1. The van der Waals surface area contributed by atoms with Crippen molar-refractivity contribution in [3.63, 3.8) is 0 Å². The Kier molecular flexibility index (Phi) is 8.60. The van der Waals surface area contributed by atoms with E-state index in [1.807, 2.05) is 13.8 Å². The number of piperidine rings is 1. The molecule has 2 amide bonds. The molecule has 1 unspecified atom stereocenters. The Balaban J connectivity index is 2.02. The van der Waals surface area contributed by atoms with Gasteiger partial charge in [0.15, 0.2) is 13.1 Å². The fraction of sp³-hybridized carbons (Fsp3) is 0.600. The van der Waals surface area contributed by atoms with Crippen LogP contribution in [0.15, 0.2) is 23.1 Å². The lowest BCUT2D eigenvalue weighted by molar-refractivity contribution is -0.862. The minimum Gasteiger partial charge on any atom is -0.351 e. The molecule has 1 heterocycles. The lowest BCUT2D eigenvalue weighted by Gasteiger charge is -2.26. The van der Waals surface area contributed by atoms with Crippen molar-refractivity contribution in [2.75, 3.05) is 45.1 Å². The van der Waals surface area contributed by atoms with Crippen molar-refractivity contribution in [1.29, 1.82) is 0 Å². The molecule has 29 heavy (non-hydrogen) atoms. The van der Waals surface area contributed by atoms with E-state index in [1.54, 1.807) is 19.2 Å². The summed E-state index contributed by atoms with van der Waals surface area (Å²) in [5.74, 6) is -0.357. The highest BCUT2D eigenvalue weighted by atomic mass is 32.2. The van der Waals surface area contributed by atoms with Gasteiger partial charge in [-0.05, 0) is 43.9 Å². The first kappa shape index (κ1) is 23.3. The quantitative estimate of drug-likeness (QED) is 0.524. The van der Waals surface area contributed by atoms with E-state index in [-0.39, 0.29) is 29.8 Å². The molecule has 1 atom stereocenters. The Morgan fingerprint density at radius 3 is 2.41 bits per heavy atom. The number of nitrogens with one attached hydrogen (secondary N) is 3. The number of rotatable bonds is 9. The lowest BCUT2D eigenvalue weighted by Crippen LogP contribution is -3.11. The average molecular weight is 426 g/mol. The molecule has 3 N–H and O–H groups in total. The van der Waals surface area contributed by atoms with E-state index >= 15 is 0 Å². The van der Waals surface area contributed by atoms with Gasteiger partial charge in [0.1, 0.15) is 0 Å². The van der Waals surface area contributed by atoms with Crippen LogP contribution in [0, 0.1) is 6.92 Å². The Bertz CT molecular complexity index is 820. The van der Waals surface area contributed by atoms with Gasteiger partial charge < -0.3 is 15.5 Å². The number of likely N-dealkylation sites (N-methyl/N-ethyl adjacent to an activating group) is 1. The number of amides is 2. The number of benzene rings is 1. The Morgan fingerprint density at radius 2 is 1.76 bits per heavy atom. The van der Waals surface area contributed by atoms with Crippen molar-refractivity contribution >= 4 is 27.5 Å². The van der Waals surface area contributed by atoms with Crippen molar-refractivity contribution in [3.05, 3.63) is 23.8 Å². The van der Waals surface area contributed by atoms with Gasteiger partial charge >= 0.3 is 0 Å². The summed E-state index contributed by atoms with van der Waals surface area (Å²) in [4.78, 5) is 25.1. The fourth-order valence-electron chi connectivity index (χ4n) is 3.28. The maximum Gasteiger partial charge on any atom is 0.279 e. The van der Waals surface area contributed by atoms with Gasteiger partial charge in [-0.3, -0.25) is 9.59 Å². The van der Waals surface area contributed by atoms with Crippen LogP contribution in [0.2, 0.25) is 0 Å². The molecule has 0 radical (unpaired) electrons. The zero-order valence-electron chi connectivity index (χ0n) is 17.6. The topological polar surface area (TPSA) is 100 Å². The number of hydrogen-bond donors (Lipinski definition) is 3. The smallest absolute Gasteiger partial charge is 0.279 e. The van der Waals surface area contributed by atoms with Crippen molar-refractivity contribution in [2.24, 2.45) is 0 Å². The van der Waals surface area contributed by atoms with Gasteiger partial charge in [-0.15, -0.1) is 0 Å². The van der Waals surface area contributed by atoms with Crippen LogP contribution in [-0.2, 0) is 19.6 Å². The minimum atomic E-state index is -3.56. The van der Waals surface area contributed by atoms with E-state index in [2.05, 4.69) is 10.6 Å². The highest BCUT2D eigenvalue weighted by molar-refractivity contribution is 7.89. The van der Waals surface area contributed by atoms with E-state index in [9.17, 15) is 18.0 Å². The number of quaternary nitrogens is 1. The van der Waals surface area contributed by atoms with Crippen molar-refractivity contribution in [1.82, 2.24) is 9.62 Å². The highest BCUT2D eigenvalue weighted by Crippen LogP contribution is 2.25. The van der Waals surface area contributed by atoms with E-state index in [0.29, 0.717) is 25.3 Å². The molecular weight excluding hydrogens is 392 g/mol. The van der Waals surface area contributed by atoms with E-state index in [4.69, 9.17) is 0 Å². The van der Waals surface area contributed by atoms with Crippen LogP contribution >= 0.6 is 0 Å². The zero-order chi connectivity index (χ0) is 21.4. The average Bonchev–Trinajstić information content (AvgIpc) is 2.68. The summed E-state index contributed by atoms with van der Waals surface area (Å²) in [5, 5.41) is 5.59. The van der Waals surface area contributed by atoms with E-state index in [0.717, 1.165) is 36.1 Å². The van der Waals surface area contributed by atoms with Gasteiger partial charge in [-0.1, -0.05) is 19.4 Å². The molecule has 0 aromatic heterocycles. The number of aryl methyl sites for hydroxylation is 1. The molecule has 0 bridgehead atoms. The third-order valence-electron chi connectivity index (χ3n) is 4.93. The third-order valence-corrected chi connectivity index (χ3v) is 6.83. The summed E-state index contributed by atoms with van der Waals surface area (Å²) in [7, 11) is -1.79. The van der Waals surface area contributed by atoms with Gasteiger partial charge in [-0.25, -0.2) is 8.42 Å². The maximum absolute atomic E-state index is 12.9. The fourth-order valence-corrected chi connectivity index (χ4v) is 4.83. The molecule has 0 aliphatic carbocycles. The van der Waals surface area contributed by atoms with Crippen LogP contribution in [0.3, 0.4) is 0 Å². The van der Waals surface area contributed by atoms with E-state index in [1.165, 1.54) is 10.4 Å². The Labute approximate surface area is 173 Å². The molecule has 1 aromatic rings. The second kappa shape index (κ2) is 10.7. The van der Waals surface area contributed by atoms with E-state index < -0.39 is 10.0 Å². The number of sulfonamides is 1. The van der Waals surface area contributed by atoms with Gasteiger partial charge in [0.2, 0.25) is 10.0 Å². The molecule has 1 aliphatic rings. The Hall–Kier alpha value is -1.97. The van der Waals surface area contributed by atoms with Crippen LogP contribution in [0.1, 0.15) is 38.2 Å². The van der Waals surface area contributed by atoms with Crippen LogP contribution in [-0.4, -0.2) is 64.3 Å². The largest absolute Gasteiger partial charge is 0.351 e. The zero-order valence-corrected chi connectivity index (χ0v) is 18.4. The minimum absolute atomic E-state index is 0.0945. The van der Waals surface area contributed by atoms with Gasteiger partial charge in [0.05, 0.1) is 11.9 Å². The van der Waals surface area contributed by atoms with Crippen LogP contribution in [0.4, 0.5) is 5.69 Å². The number of nitrogens with zero attached hydrogens (tertiary/aromatic N) is 1. The maximum atomic E-state index is 12.9. The van der Waals surface area contributed by atoms with Crippen LogP contribution < -0.4 is 15.5 Å². The standard InChI is InChI=1S/C20H32N4O4S/c1-4-10-21-19(25)14-23(3)15-20(26)22-18-13-17(9-8-16(18)2)29(27,28)24-11-6-5-7-12-24/h8-9,13H,4-7,10-12,14-15H2,1-3H3,(H,21,25)(H,22,26)/p+1. The predicted molar refractivity (Wildman–Crippen MR) is 112 cm³/mol. The SMILES string of the molecule is CCCNC(=O)C[NH+](C)CC(=O)Nc1cc(S(=O)(=O)N2CCCCC2)ccc1C.